The maximum Gasteiger partial charge on any atom is 0.250 e. The van der Waals surface area contributed by atoms with E-state index in [4.69, 9.17) is 0 Å². The molecule has 0 spiro atoms. The molecule has 0 saturated carbocycles. The van der Waals surface area contributed by atoms with E-state index in [0.29, 0.717) is 0 Å². The number of hydrogen-bond donors (Lipinski definition) is 2. The number of thiophene rings is 1. The number of hydrogen-bond acceptors (Lipinski definition) is 4. The molecule has 18 heavy (non-hydrogen) atoms. The van der Waals surface area contributed by atoms with E-state index in [1.165, 1.54) is 6.07 Å². The number of carbonyl (C=O) groups excluding carboxylic acids is 1. The molecule has 5 nitrogen and oxygen atoms in total. The van der Waals surface area contributed by atoms with Crippen LogP contribution in [0.5, 0.6) is 0 Å². The lowest BCUT2D eigenvalue weighted by Gasteiger charge is -2.11. The number of carbonyl (C=O) groups is 1. The van der Waals surface area contributed by atoms with Gasteiger partial charge >= 0.3 is 0 Å². The van der Waals surface area contributed by atoms with Crippen LogP contribution in [0.3, 0.4) is 0 Å². The lowest BCUT2D eigenvalue weighted by Crippen LogP contribution is -2.35. The fourth-order valence-corrected chi connectivity index (χ4v) is 3.30. The second-order valence-electron chi connectivity index (χ2n) is 3.96. The molecule has 7 heteroatoms. The molecular weight excluding hydrogens is 272 g/mol. The second-order valence-corrected chi connectivity index (χ2v) is 6.90. The van der Waals surface area contributed by atoms with Gasteiger partial charge in [0.15, 0.2) is 0 Å². The average molecular weight is 290 g/mol. The molecule has 1 amide bonds. The molecular formula is C11H18N2O3S2. The SMILES string of the molecule is CC[C@H](C)NC(=O)CCNS(=O)(=O)c1cccs1. The summed E-state index contributed by atoms with van der Waals surface area (Å²) in [4.78, 5) is 11.4. The van der Waals surface area contributed by atoms with Gasteiger partial charge in [-0.05, 0) is 24.8 Å². The van der Waals surface area contributed by atoms with Crippen molar-refractivity contribution in [2.75, 3.05) is 6.54 Å². The molecule has 0 aliphatic heterocycles. The third-order valence-electron chi connectivity index (χ3n) is 2.42. The summed E-state index contributed by atoms with van der Waals surface area (Å²) < 4.78 is 26.1. The van der Waals surface area contributed by atoms with E-state index < -0.39 is 10.0 Å². The van der Waals surface area contributed by atoms with Gasteiger partial charge in [0.1, 0.15) is 4.21 Å². The van der Waals surface area contributed by atoms with Crippen LogP contribution >= 0.6 is 11.3 Å². The van der Waals surface area contributed by atoms with Crippen molar-refractivity contribution in [2.45, 2.75) is 36.9 Å². The Kier molecular flexibility index (Phi) is 5.77. The molecule has 0 unspecified atom stereocenters. The van der Waals surface area contributed by atoms with Crippen molar-refractivity contribution < 1.29 is 13.2 Å². The topological polar surface area (TPSA) is 75.3 Å². The molecule has 1 aromatic heterocycles. The molecule has 0 fully saturated rings. The van der Waals surface area contributed by atoms with Gasteiger partial charge in [-0.2, -0.15) is 0 Å². The minimum atomic E-state index is -3.46. The summed E-state index contributed by atoms with van der Waals surface area (Å²) in [6.07, 6.45) is 1.00. The maximum absolute atomic E-state index is 11.7. The highest BCUT2D eigenvalue weighted by molar-refractivity contribution is 7.91. The number of amides is 1. The molecule has 0 aromatic carbocycles. The zero-order valence-corrected chi connectivity index (χ0v) is 12.1. The van der Waals surface area contributed by atoms with E-state index in [0.717, 1.165) is 17.8 Å². The lowest BCUT2D eigenvalue weighted by atomic mass is 10.2. The molecule has 0 aliphatic carbocycles. The summed E-state index contributed by atoms with van der Waals surface area (Å²) in [6, 6.07) is 3.33. The van der Waals surface area contributed by atoms with Gasteiger partial charge in [-0.3, -0.25) is 4.79 Å². The van der Waals surface area contributed by atoms with E-state index in [9.17, 15) is 13.2 Å². The maximum atomic E-state index is 11.7. The first-order chi connectivity index (χ1) is 8.45. The molecule has 1 rings (SSSR count). The molecule has 0 aliphatic rings. The Morgan fingerprint density at radius 3 is 2.78 bits per heavy atom. The molecule has 1 heterocycles. The van der Waals surface area contributed by atoms with Crippen molar-refractivity contribution in [1.82, 2.24) is 10.0 Å². The van der Waals surface area contributed by atoms with E-state index in [-0.39, 0.29) is 29.1 Å². The zero-order valence-electron chi connectivity index (χ0n) is 10.5. The van der Waals surface area contributed by atoms with E-state index >= 15 is 0 Å². The third kappa shape index (κ3) is 4.75. The molecule has 2 N–H and O–H groups in total. The molecule has 0 bridgehead atoms. The second kappa shape index (κ2) is 6.86. The van der Waals surface area contributed by atoms with Crippen molar-refractivity contribution in [1.29, 1.82) is 0 Å². The highest BCUT2D eigenvalue weighted by atomic mass is 32.2. The Labute approximate surface area is 112 Å². The molecule has 1 aromatic rings. The van der Waals surface area contributed by atoms with Crippen LogP contribution in [-0.2, 0) is 14.8 Å². The Morgan fingerprint density at radius 2 is 2.22 bits per heavy atom. The fourth-order valence-electron chi connectivity index (χ4n) is 1.24. The van der Waals surface area contributed by atoms with Gasteiger partial charge in [0, 0.05) is 19.0 Å². The number of nitrogens with one attached hydrogen (secondary N) is 2. The van der Waals surface area contributed by atoms with Crippen molar-refractivity contribution in [3.8, 4) is 0 Å². The van der Waals surface area contributed by atoms with Crippen LogP contribution in [0.15, 0.2) is 21.7 Å². The van der Waals surface area contributed by atoms with Gasteiger partial charge in [-0.15, -0.1) is 11.3 Å². The van der Waals surface area contributed by atoms with Crippen LogP contribution < -0.4 is 10.0 Å². The highest BCUT2D eigenvalue weighted by Crippen LogP contribution is 2.14. The number of sulfonamides is 1. The van der Waals surface area contributed by atoms with Crippen molar-refractivity contribution >= 4 is 27.3 Å². The summed E-state index contributed by atoms with van der Waals surface area (Å²) in [5.41, 5.74) is 0. The smallest absolute Gasteiger partial charge is 0.250 e. The van der Waals surface area contributed by atoms with Crippen molar-refractivity contribution in [3.05, 3.63) is 17.5 Å². The first-order valence-electron chi connectivity index (χ1n) is 5.78. The average Bonchev–Trinajstić information content (AvgIpc) is 2.82. The summed E-state index contributed by atoms with van der Waals surface area (Å²) in [7, 11) is -3.46. The minimum Gasteiger partial charge on any atom is -0.354 e. The fraction of sp³-hybridized carbons (Fsp3) is 0.545. The molecule has 1 atom stereocenters. The van der Waals surface area contributed by atoms with Crippen LogP contribution in [0.25, 0.3) is 0 Å². The van der Waals surface area contributed by atoms with Gasteiger partial charge < -0.3 is 5.32 Å². The molecule has 102 valence electrons. The Bertz CT molecular complexity index is 468. The first kappa shape index (κ1) is 15.1. The summed E-state index contributed by atoms with van der Waals surface area (Å²) in [6.45, 7) is 4.00. The van der Waals surface area contributed by atoms with Crippen molar-refractivity contribution in [3.63, 3.8) is 0 Å². The largest absolute Gasteiger partial charge is 0.354 e. The van der Waals surface area contributed by atoms with Gasteiger partial charge in [-0.25, -0.2) is 13.1 Å². The minimum absolute atomic E-state index is 0.114. The van der Waals surface area contributed by atoms with Crippen LogP contribution in [-0.4, -0.2) is 26.9 Å². The predicted molar refractivity (Wildman–Crippen MR) is 72.0 cm³/mol. The van der Waals surface area contributed by atoms with Gasteiger partial charge in [0.25, 0.3) is 0 Å². The van der Waals surface area contributed by atoms with Crippen LogP contribution in [0.1, 0.15) is 26.7 Å². The van der Waals surface area contributed by atoms with Crippen LogP contribution in [0, 0.1) is 0 Å². The van der Waals surface area contributed by atoms with Crippen LogP contribution in [0.4, 0.5) is 0 Å². The number of rotatable bonds is 7. The van der Waals surface area contributed by atoms with E-state index in [2.05, 4.69) is 10.0 Å². The summed E-state index contributed by atoms with van der Waals surface area (Å²) in [5, 5.41) is 4.48. The first-order valence-corrected chi connectivity index (χ1v) is 8.14. The quantitative estimate of drug-likeness (QED) is 0.795. The summed E-state index contributed by atoms with van der Waals surface area (Å²) >= 11 is 1.15. The Hall–Kier alpha value is -0.920. The normalized spacial score (nSPS) is 13.2. The van der Waals surface area contributed by atoms with Crippen molar-refractivity contribution in [2.24, 2.45) is 0 Å². The molecule has 0 saturated heterocycles. The third-order valence-corrected chi connectivity index (χ3v) is 5.28. The summed E-state index contributed by atoms with van der Waals surface area (Å²) in [5.74, 6) is -0.141. The van der Waals surface area contributed by atoms with Gasteiger partial charge in [0.05, 0.1) is 0 Å². The lowest BCUT2D eigenvalue weighted by molar-refractivity contribution is -0.121. The van der Waals surface area contributed by atoms with Gasteiger partial charge in [0.2, 0.25) is 15.9 Å². The Morgan fingerprint density at radius 1 is 1.50 bits per heavy atom. The monoisotopic (exact) mass is 290 g/mol. The highest BCUT2D eigenvalue weighted by Gasteiger charge is 2.15. The molecule has 0 radical (unpaired) electrons. The van der Waals surface area contributed by atoms with Crippen LogP contribution in [0.2, 0.25) is 0 Å². The predicted octanol–water partition coefficient (Wildman–Crippen LogP) is 1.33. The van der Waals surface area contributed by atoms with Gasteiger partial charge in [-0.1, -0.05) is 13.0 Å². The Balaban J connectivity index is 2.36. The van der Waals surface area contributed by atoms with E-state index in [1.54, 1.807) is 11.4 Å². The van der Waals surface area contributed by atoms with E-state index in [1.807, 2.05) is 13.8 Å². The standard InChI is InChI=1S/C11H18N2O3S2/c1-3-9(2)13-10(14)6-7-12-18(15,16)11-5-4-8-17-11/h4-5,8-9,12H,3,6-7H2,1-2H3,(H,13,14)/t9-/m0/s1. The zero-order chi connectivity index (χ0) is 13.6.